The first kappa shape index (κ1) is 22.9. The lowest BCUT2D eigenvalue weighted by Gasteiger charge is -2.18. The van der Waals surface area contributed by atoms with E-state index < -0.39 is 12.1 Å². The highest BCUT2D eigenvalue weighted by Crippen LogP contribution is 2.51. The summed E-state index contributed by atoms with van der Waals surface area (Å²) in [5, 5.41) is 22.7. The number of rotatable bonds is 7. The number of aliphatic carboxylic acids is 1. The number of carbonyl (C=O) groups is 2. The molecule has 1 unspecified atom stereocenters. The molecule has 1 aromatic carbocycles. The van der Waals surface area contributed by atoms with Crippen molar-refractivity contribution in [1.29, 1.82) is 0 Å². The van der Waals surface area contributed by atoms with Crippen LogP contribution in [0.5, 0.6) is 0 Å². The van der Waals surface area contributed by atoms with E-state index in [9.17, 15) is 14.7 Å². The van der Waals surface area contributed by atoms with Crippen molar-refractivity contribution in [2.24, 2.45) is 17.8 Å². The maximum absolute atomic E-state index is 12.1. The molecule has 180 valence electrons. The quantitative estimate of drug-likeness (QED) is 0.505. The van der Waals surface area contributed by atoms with Gasteiger partial charge in [-0.3, -0.25) is 9.59 Å². The summed E-state index contributed by atoms with van der Waals surface area (Å²) in [6, 6.07) is 9.67. The minimum atomic E-state index is -0.943. The number of carboxylic acid groups (broad SMARTS) is 1. The first-order valence-corrected chi connectivity index (χ1v) is 11.7. The van der Waals surface area contributed by atoms with Gasteiger partial charge in [-0.25, -0.2) is 4.98 Å². The van der Waals surface area contributed by atoms with Gasteiger partial charge in [-0.1, -0.05) is 17.0 Å². The number of piperidine rings is 1. The van der Waals surface area contributed by atoms with Crippen molar-refractivity contribution in [1.82, 2.24) is 19.6 Å². The van der Waals surface area contributed by atoms with E-state index in [0.29, 0.717) is 49.0 Å². The third-order valence-electron chi connectivity index (χ3n) is 6.66. The van der Waals surface area contributed by atoms with Gasteiger partial charge in [0.2, 0.25) is 5.91 Å². The Bertz CT molecular complexity index is 1280. The zero-order valence-corrected chi connectivity index (χ0v) is 19.3. The Hall–Kier alpha value is -3.90. The molecule has 1 aliphatic carbocycles. The molecule has 3 aromatic rings. The molecular weight excluding hydrogens is 448 g/mol. The number of imidazole rings is 1. The monoisotopic (exact) mass is 474 g/mol. The summed E-state index contributed by atoms with van der Waals surface area (Å²) in [6.45, 7) is 3.48. The zero-order chi connectivity index (χ0) is 24.5. The topological polar surface area (TPSA) is 122 Å². The first-order chi connectivity index (χ1) is 16.9. The van der Waals surface area contributed by atoms with Crippen molar-refractivity contribution in [2.45, 2.75) is 32.4 Å². The largest absolute Gasteiger partial charge is 0.481 e. The fraction of sp³-hybridized carbons (Fsp3) is 0.385. The van der Waals surface area contributed by atoms with Gasteiger partial charge in [0.15, 0.2) is 5.76 Å². The van der Waals surface area contributed by atoms with Crippen LogP contribution in [0, 0.1) is 29.6 Å². The fourth-order valence-electron chi connectivity index (χ4n) is 4.72. The molecule has 2 N–H and O–H groups in total. The minimum Gasteiger partial charge on any atom is -0.481 e. The van der Waals surface area contributed by atoms with Gasteiger partial charge in [0.25, 0.3) is 0 Å². The number of hydrogen-bond acceptors (Lipinski definition) is 6. The summed E-state index contributed by atoms with van der Waals surface area (Å²) >= 11 is 0. The molecule has 9 heteroatoms. The number of aromatic nitrogens is 3. The van der Waals surface area contributed by atoms with Gasteiger partial charge in [-0.05, 0) is 43.0 Å². The van der Waals surface area contributed by atoms with Crippen LogP contribution in [0.3, 0.4) is 0 Å². The van der Waals surface area contributed by atoms with E-state index in [1.165, 1.54) is 0 Å². The number of carbonyl (C=O) groups excluding carboxylic acids is 1. The van der Waals surface area contributed by atoms with E-state index >= 15 is 0 Å². The first-order valence-electron chi connectivity index (χ1n) is 11.7. The fourth-order valence-corrected chi connectivity index (χ4v) is 4.72. The Labute approximate surface area is 202 Å². The van der Waals surface area contributed by atoms with E-state index in [4.69, 9.17) is 9.63 Å². The van der Waals surface area contributed by atoms with Crippen LogP contribution in [0.1, 0.15) is 43.0 Å². The number of carboxylic acids is 1. The SMILES string of the molecule is C[C@H](O)c1nccn1Cc1cc(-c2ccc(C#CC3[C@H]4CN(C(=O)CCC(=O)O)C[C@@H]34)cc2)on1. The van der Waals surface area contributed by atoms with E-state index in [-0.39, 0.29) is 18.7 Å². The predicted molar refractivity (Wildman–Crippen MR) is 125 cm³/mol. The maximum atomic E-state index is 12.1. The van der Waals surface area contributed by atoms with Crippen LogP contribution in [0.25, 0.3) is 11.3 Å². The van der Waals surface area contributed by atoms with Crippen LogP contribution in [0.2, 0.25) is 0 Å². The van der Waals surface area contributed by atoms with Crippen LogP contribution in [-0.4, -0.2) is 54.8 Å². The molecule has 1 saturated carbocycles. The Morgan fingerprint density at radius 1 is 1.20 bits per heavy atom. The molecule has 0 bridgehead atoms. The van der Waals surface area contributed by atoms with E-state index in [0.717, 1.165) is 16.8 Å². The molecule has 4 atom stereocenters. The van der Waals surface area contributed by atoms with E-state index in [1.807, 2.05) is 34.9 Å². The third kappa shape index (κ3) is 4.98. The molecule has 1 amide bonds. The molecule has 9 nitrogen and oxygen atoms in total. The Morgan fingerprint density at radius 2 is 1.94 bits per heavy atom. The number of amides is 1. The van der Waals surface area contributed by atoms with Gasteiger partial charge in [-0.15, -0.1) is 0 Å². The average molecular weight is 475 g/mol. The molecule has 5 rings (SSSR count). The Kier molecular flexibility index (Phi) is 6.14. The lowest BCUT2D eigenvalue weighted by Crippen LogP contribution is -2.31. The van der Waals surface area contributed by atoms with Gasteiger partial charge in [0, 0.05) is 55.0 Å². The molecule has 35 heavy (non-hydrogen) atoms. The van der Waals surface area contributed by atoms with Crippen molar-refractivity contribution in [2.75, 3.05) is 13.1 Å². The number of benzene rings is 1. The maximum Gasteiger partial charge on any atom is 0.303 e. The molecular formula is C26H26N4O5. The van der Waals surface area contributed by atoms with Gasteiger partial charge >= 0.3 is 5.97 Å². The summed E-state index contributed by atoms with van der Waals surface area (Å²) in [4.78, 5) is 28.7. The zero-order valence-electron chi connectivity index (χ0n) is 19.3. The number of aliphatic hydroxyl groups is 1. The molecule has 0 spiro atoms. The minimum absolute atomic E-state index is 0.0661. The summed E-state index contributed by atoms with van der Waals surface area (Å²) in [7, 11) is 0. The van der Waals surface area contributed by atoms with Gasteiger partial charge in [0.05, 0.1) is 13.0 Å². The lowest BCUT2D eigenvalue weighted by molar-refractivity contribution is -0.140. The third-order valence-corrected chi connectivity index (χ3v) is 6.66. The molecule has 0 radical (unpaired) electrons. The summed E-state index contributed by atoms with van der Waals surface area (Å²) in [5.74, 6) is 7.88. The standard InChI is InChI=1S/C26H26N4O5/c1-16(31)26-27-10-11-29(26)13-19-12-23(35-28-19)18-5-2-17(3-6-18)4-7-20-21-14-30(15-22(20)21)24(32)8-9-25(33)34/h2-3,5-6,10-12,16,20-22,31H,8-9,13-15H2,1H3,(H,33,34)/t16-,20?,21-,22+/m0/s1. The summed E-state index contributed by atoms with van der Waals surface area (Å²) in [6.07, 6.45) is 2.73. The van der Waals surface area contributed by atoms with Gasteiger partial charge < -0.3 is 24.2 Å². The molecule has 2 aromatic heterocycles. The number of nitrogens with zero attached hydrogens (tertiary/aromatic N) is 4. The van der Waals surface area contributed by atoms with Gasteiger partial charge in [0.1, 0.15) is 17.6 Å². The second-order valence-corrected chi connectivity index (χ2v) is 9.16. The van der Waals surface area contributed by atoms with Crippen LogP contribution in [0.4, 0.5) is 0 Å². The molecule has 1 aliphatic heterocycles. The average Bonchev–Trinajstić information content (AvgIpc) is 3.33. The van der Waals surface area contributed by atoms with Crippen LogP contribution in [0.15, 0.2) is 47.2 Å². The number of fused-ring (bicyclic) bond motifs is 1. The van der Waals surface area contributed by atoms with Crippen molar-refractivity contribution >= 4 is 11.9 Å². The lowest BCUT2D eigenvalue weighted by atomic mass is 10.1. The second kappa shape index (κ2) is 9.39. The van der Waals surface area contributed by atoms with Crippen LogP contribution >= 0.6 is 0 Å². The highest BCUT2D eigenvalue weighted by molar-refractivity contribution is 5.81. The second-order valence-electron chi connectivity index (χ2n) is 9.16. The summed E-state index contributed by atoms with van der Waals surface area (Å²) < 4.78 is 7.35. The number of aliphatic hydroxyl groups excluding tert-OH is 1. The summed E-state index contributed by atoms with van der Waals surface area (Å²) in [5.41, 5.74) is 2.54. The number of hydrogen-bond donors (Lipinski definition) is 2. The molecule has 2 aliphatic rings. The van der Waals surface area contributed by atoms with Crippen molar-refractivity contribution < 1.29 is 24.3 Å². The molecule has 1 saturated heterocycles. The van der Waals surface area contributed by atoms with Crippen molar-refractivity contribution in [3.63, 3.8) is 0 Å². The highest BCUT2D eigenvalue weighted by atomic mass is 16.5. The van der Waals surface area contributed by atoms with Crippen LogP contribution in [-0.2, 0) is 16.1 Å². The van der Waals surface area contributed by atoms with E-state index in [2.05, 4.69) is 22.0 Å². The normalized spacial score (nSPS) is 21.2. The predicted octanol–water partition coefficient (Wildman–Crippen LogP) is 2.56. The van der Waals surface area contributed by atoms with Gasteiger partial charge in [-0.2, -0.15) is 0 Å². The molecule has 3 heterocycles. The highest BCUT2D eigenvalue weighted by Gasteiger charge is 2.55. The number of likely N-dealkylation sites (tertiary alicyclic amines) is 1. The van der Waals surface area contributed by atoms with Crippen molar-refractivity contribution in [3.8, 4) is 23.2 Å². The van der Waals surface area contributed by atoms with Crippen molar-refractivity contribution in [3.05, 3.63) is 59.8 Å². The van der Waals surface area contributed by atoms with Crippen LogP contribution < -0.4 is 0 Å². The smallest absolute Gasteiger partial charge is 0.303 e. The Balaban J connectivity index is 1.15. The molecule has 2 fully saturated rings. The van der Waals surface area contributed by atoms with E-state index in [1.54, 1.807) is 24.2 Å². The Morgan fingerprint density at radius 3 is 2.63 bits per heavy atom.